The van der Waals surface area contributed by atoms with E-state index in [1.807, 2.05) is 0 Å². The third kappa shape index (κ3) is 5.06. The highest BCUT2D eigenvalue weighted by Crippen LogP contribution is 2.19. The number of esters is 1. The van der Waals surface area contributed by atoms with E-state index in [0.717, 1.165) is 4.31 Å². The Labute approximate surface area is 162 Å². The molecule has 0 unspecified atom stereocenters. The average Bonchev–Trinajstić information content (AvgIpc) is 2.66. The number of methoxy groups -OCH3 is 1. The summed E-state index contributed by atoms with van der Waals surface area (Å²) in [6.07, 6.45) is 0. The second-order valence-corrected chi connectivity index (χ2v) is 7.84. The summed E-state index contributed by atoms with van der Waals surface area (Å²) in [4.78, 5) is 24.2. The van der Waals surface area contributed by atoms with Crippen molar-refractivity contribution >= 4 is 39.2 Å². The lowest BCUT2D eigenvalue weighted by Gasteiger charge is -2.20. The number of hydrogen-bond donors (Lipinski definition) is 1. The first-order valence-electron chi connectivity index (χ1n) is 8.02. The molecule has 1 N–H and O–H groups in total. The van der Waals surface area contributed by atoms with Crippen LogP contribution in [0, 0.1) is 0 Å². The molecule has 0 aliphatic rings. The van der Waals surface area contributed by atoms with E-state index in [2.05, 4.69) is 10.1 Å². The number of anilines is 1. The lowest BCUT2D eigenvalue weighted by atomic mass is 10.2. The van der Waals surface area contributed by atoms with Crippen LogP contribution < -0.4 is 5.32 Å². The quantitative estimate of drug-likeness (QED) is 0.708. The highest BCUT2D eigenvalue weighted by molar-refractivity contribution is 7.89. The van der Waals surface area contributed by atoms with Crippen molar-refractivity contribution < 1.29 is 22.7 Å². The van der Waals surface area contributed by atoms with Crippen LogP contribution in [0.3, 0.4) is 0 Å². The minimum atomic E-state index is -3.86. The Kier molecular flexibility index (Phi) is 6.95. The van der Waals surface area contributed by atoms with Gasteiger partial charge in [0.05, 0.1) is 29.8 Å². The van der Waals surface area contributed by atoms with E-state index in [1.54, 1.807) is 19.1 Å². The first-order chi connectivity index (χ1) is 12.8. The van der Waals surface area contributed by atoms with Gasteiger partial charge in [-0.05, 0) is 36.4 Å². The fraction of sp³-hybridized carbons (Fsp3) is 0.222. The number of nitrogens with zero attached hydrogens (tertiary/aromatic N) is 1. The number of benzene rings is 2. The monoisotopic (exact) mass is 410 g/mol. The number of likely N-dealkylation sites (N-methyl/N-ethyl adjacent to an activating group) is 1. The smallest absolute Gasteiger partial charge is 0.339 e. The molecule has 0 aliphatic heterocycles. The zero-order valence-corrected chi connectivity index (χ0v) is 16.4. The molecule has 0 bridgehead atoms. The third-order valence-corrected chi connectivity index (χ3v) is 5.92. The van der Waals surface area contributed by atoms with Crippen molar-refractivity contribution in [2.75, 3.05) is 25.5 Å². The van der Waals surface area contributed by atoms with Crippen molar-refractivity contribution in [2.24, 2.45) is 0 Å². The minimum absolute atomic E-state index is 0.0384. The molecule has 2 aromatic rings. The van der Waals surface area contributed by atoms with Gasteiger partial charge in [-0.25, -0.2) is 13.2 Å². The zero-order valence-electron chi connectivity index (χ0n) is 14.8. The normalized spacial score (nSPS) is 11.3. The van der Waals surface area contributed by atoms with Gasteiger partial charge in [-0.2, -0.15) is 4.31 Å². The summed E-state index contributed by atoms with van der Waals surface area (Å²) >= 11 is 5.79. The number of carbonyl (C=O) groups excluding carboxylic acids is 2. The van der Waals surface area contributed by atoms with Crippen LogP contribution in [0.1, 0.15) is 17.3 Å². The molecule has 0 heterocycles. The summed E-state index contributed by atoms with van der Waals surface area (Å²) in [6, 6.07) is 12.0. The molecule has 144 valence electrons. The Bertz CT molecular complexity index is 929. The Balaban J connectivity index is 2.18. The van der Waals surface area contributed by atoms with Gasteiger partial charge < -0.3 is 10.1 Å². The van der Waals surface area contributed by atoms with Crippen LogP contribution in [-0.2, 0) is 19.6 Å². The molecule has 0 radical (unpaired) electrons. The second kappa shape index (κ2) is 8.98. The van der Waals surface area contributed by atoms with E-state index in [4.69, 9.17) is 11.6 Å². The molecule has 1 amide bonds. The summed E-state index contributed by atoms with van der Waals surface area (Å²) in [6.45, 7) is 1.32. The molecule has 0 atom stereocenters. The maximum Gasteiger partial charge on any atom is 0.339 e. The molecule has 27 heavy (non-hydrogen) atoms. The molecule has 2 aromatic carbocycles. The number of para-hydroxylation sites is 1. The zero-order chi connectivity index (χ0) is 20.0. The van der Waals surface area contributed by atoms with Gasteiger partial charge >= 0.3 is 5.97 Å². The lowest BCUT2D eigenvalue weighted by molar-refractivity contribution is -0.116. The largest absolute Gasteiger partial charge is 0.465 e. The van der Waals surface area contributed by atoms with Gasteiger partial charge in [0.15, 0.2) is 0 Å². The molecular weight excluding hydrogens is 392 g/mol. The Morgan fingerprint density at radius 1 is 1.11 bits per heavy atom. The molecule has 9 heteroatoms. The van der Waals surface area contributed by atoms with Crippen molar-refractivity contribution in [2.45, 2.75) is 11.8 Å². The topological polar surface area (TPSA) is 92.8 Å². The van der Waals surface area contributed by atoms with Gasteiger partial charge in [0.2, 0.25) is 15.9 Å². The number of amides is 1. The molecule has 2 rings (SSSR count). The summed E-state index contributed by atoms with van der Waals surface area (Å²) in [5.74, 6) is -1.18. The first kappa shape index (κ1) is 20.9. The molecule has 0 aliphatic carbocycles. The minimum Gasteiger partial charge on any atom is -0.465 e. The van der Waals surface area contributed by atoms with Gasteiger partial charge in [-0.15, -0.1) is 0 Å². The number of sulfonamides is 1. The Morgan fingerprint density at radius 2 is 1.74 bits per heavy atom. The van der Waals surface area contributed by atoms with Gasteiger partial charge in [0.25, 0.3) is 0 Å². The fourth-order valence-electron chi connectivity index (χ4n) is 2.35. The number of hydrogen-bond acceptors (Lipinski definition) is 5. The summed E-state index contributed by atoms with van der Waals surface area (Å²) < 4.78 is 31.1. The maximum atomic E-state index is 12.7. The predicted octanol–water partition coefficient (Wildman–Crippen LogP) is 2.78. The SMILES string of the molecule is CCN(CC(=O)Nc1ccccc1C(=O)OC)S(=O)(=O)c1ccc(Cl)cc1. The van der Waals surface area contributed by atoms with Crippen LogP contribution >= 0.6 is 11.6 Å². The third-order valence-electron chi connectivity index (χ3n) is 3.73. The van der Waals surface area contributed by atoms with Gasteiger partial charge in [0, 0.05) is 11.6 Å². The van der Waals surface area contributed by atoms with Gasteiger partial charge in [-0.3, -0.25) is 4.79 Å². The molecule has 0 saturated heterocycles. The summed E-state index contributed by atoms with van der Waals surface area (Å²) in [5, 5.41) is 2.97. The van der Waals surface area contributed by atoms with E-state index in [-0.39, 0.29) is 22.7 Å². The number of ether oxygens (including phenoxy) is 1. The van der Waals surface area contributed by atoms with Crippen molar-refractivity contribution in [3.05, 3.63) is 59.1 Å². The lowest BCUT2D eigenvalue weighted by Crippen LogP contribution is -2.38. The van der Waals surface area contributed by atoms with Crippen LogP contribution in [0.15, 0.2) is 53.4 Å². The fourth-order valence-corrected chi connectivity index (χ4v) is 3.88. The second-order valence-electron chi connectivity index (χ2n) is 5.47. The van der Waals surface area contributed by atoms with Crippen LogP contribution in [0.25, 0.3) is 0 Å². The van der Waals surface area contributed by atoms with Crippen molar-refractivity contribution in [1.29, 1.82) is 0 Å². The summed E-state index contributed by atoms with van der Waals surface area (Å²) in [7, 11) is -2.63. The number of rotatable bonds is 7. The van der Waals surface area contributed by atoms with E-state index >= 15 is 0 Å². The number of carbonyl (C=O) groups is 2. The molecular formula is C18H19ClN2O5S. The van der Waals surface area contributed by atoms with Crippen LogP contribution in [0.2, 0.25) is 5.02 Å². The average molecular weight is 411 g/mol. The van der Waals surface area contributed by atoms with E-state index in [0.29, 0.717) is 5.02 Å². The molecule has 0 fully saturated rings. The van der Waals surface area contributed by atoms with Crippen LogP contribution in [0.5, 0.6) is 0 Å². The number of halogens is 1. The Morgan fingerprint density at radius 3 is 2.33 bits per heavy atom. The van der Waals surface area contributed by atoms with Crippen molar-refractivity contribution in [3.63, 3.8) is 0 Å². The van der Waals surface area contributed by atoms with Crippen LogP contribution in [-0.4, -0.2) is 44.8 Å². The van der Waals surface area contributed by atoms with E-state index < -0.39 is 28.4 Å². The van der Waals surface area contributed by atoms with Crippen molar-refractivity contribution in [3.8, 4) is 0 Å². The van der Waals surface area contributed by atoms with Gasteiger partial charge in [-0.1, -0.05) is 30.7 Å². The highest BCUT2D eigenvalue weighted by Gasteiger charge is 2.25. The van der Waals surface area contributed by atoms with Crippen molar-refractivity contribution in [1.82, 2.24) is 4.31 Å². The Hall–Kier alpha value is -2.42. The first-order valence-corrected chi connectivity index (χ1v) is 9.84. The molecule has 7 nitrogen and oxygen atoms in total. The predicted molar refractivity (Wildman–Crippen MR) is 102 cm³/mol. The highest BCUT2D eigenvalue weighted by atomic mass is 35.5. The molecule has 0 spiro atoms. The van der Waals surface area contributed by atoms with Gasteiger partial charge in [0.1, 0.15) is 0 Å². The standard InChI is InChI=1S/C18H19ClN2O5S/c1-3-21(27(24,25)14-10-8-13(19)9-11-14)12-17(22)20-16-7-5-4-6-15(16)18(23)26-2/h4-11H,3,12H2,1-2H3,(H,20,22). The van der Waals surface area contributed by atoms with Crippen LogP contribution in [0.4, 0.5) is 5.69 Å². The van der Waals surface area contributed by atoms with E-state index in [9.17, 15) is 18.0 Å². The molecule has 0 aromatic heterocycles. The summed E-state index contributed by atoms with van der Waals surface area (Å²) in [5.41, 5.74) is 0.422. The number of nitrogens with one attached hydrogen (secondary N) is 1. The van der Waals surface area contributed by atoms with E-state index in [1.165, 1.54) is 43.5 Å². The maximum absolute atomic E-state index is 12.7. The molecule has 0 saturated carbocycles.